The van der Waals surface area contributed by atoms with Crippen LogP contribution >= 0.6 is 15.9 Å². The van der Waals surface area contributed by atoms with Crippen molar-refractivity contribution in [1.29, 1.82) is 0 Å². The van der Waals surface area contributed by atoms with E-state index in [9.17, 15) is 4.79 Å². The first-order valence-electron chi connectivity index (χ1n) is 10.4. The van der Waals surface area contributed by atoms with Gasteiger partial charge in [-0.15, -0.1) is 0 Å². The van der Waals surface area contributed by atoms with Crippen LogP contribution in [0, 0.1) is 0 Å². The van der Waals surface area contributed by atoms with Gasteiger partial charge in [-0.3, -0.25) is 4.98 Å². The maximum Gasteiger partial charge on any atom is 0.487 e. The highest BCUT2D eigenvalue weighted by molar-refractivity contribution is 9.10. The second kappa shape index (κ2) is 9.83. The van der Waals surface area contributed by atoms with Crippen molar-refractivity contribution in [2.45, 2.75) is 78.1 Å². The zero-order chi connectivity index (χ0) is 22.6. The van der Waals surface area contributed by atoms with E-state index >= 15 is 0 Å². The van der Waals surface area contributed by atoms with E-state index in [1.165, 1.54) is 5.57 Å². The Kier molecular flexibility index (Phi) is 8.16. The molecule has 0 saturated carbocycles. The summed E-state index contributed by atoms with van der Waals surface area (Å²) in [5, 5.41) is 0. The Morgan fingerprint density at radius 2 is 1.90 bits per heavy atom. The molecule has 0 atom stereocenters. The number of ether oxygens (including phenoxy) is 1. The normalized spacial score (nSPS) is 21.8. The zero-order valence-corrected chi connectivity index (χ0v) is 20.8. The van der Waals surface area contributed by atoms with Crippen LogP contribution in [0.3, 0.4) is 0 Å². The van der Waals surface area contributed by atoms with Crippen LogP contribution in [-0.2, 0) is 14.0 Å². The van der Waals surface area contributed by atoms with Gasteiger partial charge in [0.1, 0.15) is 5.60 Å². The molecule has 2 aliphatic rings. The number of likely N-dealkylation sites (tertiary alicyclic amines) is 1. The summed E-state index contributed by atoms with van der Waals surface area (Å²) in [5.74, 6) is 2.02. The van der Waals surface area contributed by atoms with Crippen molar-refractivity contribution in [2.75, 3.05) is 13.1 Å². The standard InChI is InChI=1S/C17H30BNO4.C5H4BrN/c1-15(2,3)21-14(20)19-10-8-9-13(12-19)11-18-22-16(4,5)17(6,7)23-18;6-5-2-1-3-7-4-5/h11H,8-10,12H2,1-7H3;1-4H. The molecule has 6 nitrogen and oxygen atoms in total. The number of pyridine rings is 1. The minimum Gasteiger partial charge on any atom is -0.444 e. The molecule has 0 bridgehead atoms. The van der Waals surface area contributed by atoms with Crippen molar-refractivity contribution in [2.24, 2.45) is 0 Å². The van der Waals surface area contributed by atoms with Crippen molar-refractivity contribution >= 4 is 29.1 Å². The molecule has 2 aliphatic heterocycles. The molecule has 2 saturated heterocycles. The van der Waals surface area contributed by atoms with Crippen LogP contribution in [0.15, 0.2) is 40.5 Å². The van der Waals surface area contributed by atoms with Crippen molar-refractivity contribution in [3.63, 3.8) is 0 Å². The third-order valence-corrected chi connectivity index (χ3v) is 5.71. The van der Waals surface area contributed by atoms with Gasteiger partial charge in [0.15, 0.2) is 0 Å². The van der Waals surface area contributed by atoms with Gasteiger partial charge in [-0.2, -0.15) is 0 Å². The number of aromatic nitrogens is 1. The van der Waals surface area contributed by atoms with Gasteiger partial charge in [0.05, 0.1) is 11.2 Å². The Morgan fingerprint density at radius 1 is 1.27 bits per heavy atom. The van der Waals surface area contributed by atoms with Crippen LogP contribution in [0.1, 0.15) is 61.3 Å². The molecular formula is C22H34BBrN2O4. The summed E-state index contributed by atoms with van der Waals surface area (Å²) in [6.07, 6.45) is 5.13. The van der Waals surface area contributed by atoms with Gasteiger partial charge in [-0.1, -0.05) is 11.5 Å². The minimum atomic E-state index is -0.468. The fourth-order valence-electron chi connectivity index (χ4n) is 3.01. The first kappa shape index (κ1) is 24.9. The molecule has 0 N–H and O–H groups in total. The smallest absolute Gasteiger partial charge is 0.444 e. The average Bonchev–Trinajstić information content (AvgIpc) is 2.81. The Morgan fingerprint density at radius 3 is 2.37 bits per heavy atom. The number of piperidine rings is 1. The van der Waals surface area contributed by atoms with Crippen LogP contribution in [0.25, 0.3) is 0 Å². The van der Waals surface area contributed by atoms with E-state index in [1.807, 2.05) is 66.6 Å². The molecule has 3 rings (SSSR count). The molecule has 2 fully saturated rings. The summed E-state index contributed by atoms with van der Waals surface area (Å²) >= 11 is 3.25. The first-order chi connectivity index (χ1) is 13.8. The fraction of sp³-hybridized carbons (Fsp3) is 0.636. The minimum absolute atomic E-state index is 0.253. The topological polar surface area (TPSA) is 60.9 Å². The van der Waals surface area contributed by atoms with Crippen molar-refractivity contribution in [3.05, 3.63) is 40.5 Å². The first-order valence-corrected chi connectivity index (χ1v) is 11.2. The maximum atomic E-state index is 12.2. The Hall–Kier alpha value is -1.38. The third kappa shape index (κ3) is 7.39. The van der Waals surface area contributed by atoms with Gasteiger partial charge in [0.2, 0.25) is 0 Å². The highest BCUT2D eigenvalue weighted by Gasteiger charge is 2.50. The number of hydrogen-bond donors (Lipinski definition) is 0. The molecule has 0 unspecified atom stereocenters. The van der Waals surface area contributed by atoms with Crippen LogP contribution in [0.5, 0.6) is 0 Å². The van der Waals surface area contributed by atoms with E-state index < -0.39 is 5.60 Å². The summed E-state index contributed by atoms with van der Waals surface area (Å²) < 4.78 is 18.5. The summed E-state index contributed by atoms with van der Waals surface area (Å²) in [4.78, 5) is 17.8. The quantitative estimate of drug-likeness (QED) is 0.502. The highest BCUT2D eigenvalue weighted by Crippen LogP contribution is 2.37. The number of nitrogens with zero attached hydrogens (tertiary/aromatic N) is 2. The number of amides is 1. The summed E-state index contributed by atoms with van der Waals surface area (Å²) in [7, 11) is -0.353. The second-order valence-electron chi connectivity index (χ2n) is 9.63. The largest absolute Gasteiger partial charge is 0.487 e. The van der Waals surface area contributed by atoms with E-state index in [4.69, 9.17) is 14.0 Å². The molecule has 1 amide bonds. The van der Waals surface area contributed by atoms with Crippen molar-refractivity contribution in [1.82, 2.24) is 9.88 Å². The lowest BCUT2D eigenvalue weighted by Crippen LogP contribution is -2.41. The molecule has 0 radical (unpaired) electrons. The zero-order valence-electron chi connectivity index (χ0n) is 19.2. The molecular weight excluding hydrogens is 447 g/mol. The van der Waals surface area contributed by atoms with Crippen molar-refractivity contribution in [3.8, 4) is 0 Å². The molecule has 1 aromatic heterocycles. The predicted octanol–water partition coefficient (Wildman–Crippen LogP) is 5.42. The third-order valence-electron chi connectivity index (χ3n) is 5.24. The van der Waals surface area contributed by atoms with Gasteiger partial charge < -0.3 is 18.9 Å². The van der Waals surface area contributed by atoms with E-state index in [1.54, 1.807) is 17.3 Å². The van der Waals surface area contributed by atoms with Crippen LogP contribution in [0.2, 0.25) is 0 Å². The molecule has 0 aliphatic carbocycles. The lowest BCUT2D eigenvalue weighted by molar-refractivity contribution is 0.00578. The molecule has 1 aromatic rings. The molecule has 8 heteroatoms. The van der Waals surface area contributed by atoms with Gasteiger partial charge in [0, 0.05) is 30.0 Å². The lowest BCUT2D eigenvalue weighted by atomic mass is 9.85. The molecule has 0 aromatic carbocycles. The SMILES string of the molecule is Brc1cccnc1.CC(C)(C)OC(=O)N1CCCC(=CB2OC(C)(C)C(C)(C)O2)C1. The average molecular weight is 481 g/mol. The monoisotopic (exact) mass is 480 g/mol. The number of carbonyl (C=O) groups is 1. The highest BCUT2D eigenvalue weighted by atomic mass is 79.9. The van der Waals surface area contributed by atoms with E-state index in [2.05, 4.69) is 20.9 Å². The number of rotatable bonds is 1. The van der Waals surface area contributed by atoms with Crippen LogP contribution in [-0.4, -0.2) is 53.0 Å². The van der Waals surface area contributed by atoms with Gasteiger partial charge in [-0.25, -0.2) is 4.79 Å². The molecule has 30 heavy (non-hydrogen) atoms. The Balaban J connectivity index is 0.000000386. The molecule has 166 valence electrons. The van der Waals surface area contributed by atoms with Crippen LogP contribution in [0.4, 0.5) is 4.79 Å². The van der Waals surface area contributed by atoms with Gasteiger partial charge >= 0.3 is 13.2 Å². The number of carbonyl (C=O) groups excluding carboxylic acids is 1. The van der Waals surface area contributed by atoms with Crippen molar-refractivity contribution < 1.29 is 18.8 Å². The summed E-state index contributed by atoms with van der Waals surface area (Å²) in [6, 6.07) is 3.82. The predicted molar refractivity (Wildman–Crippen MR) is 123 cm³/mol. The Bertz CT molecular complexity index is 731. The maximum absolute atomic E-state index is 12.2. The van der Waals surface area contributed by atoms with Crippen LogP contribution < -0.4 is 0 Å². The summed E-state index contributed by atoms with van der Waals surface area (Å²) in [6.45, 7) is 15.1. The van der Waals surface area contributed by atoms with E-state index in [0.29, 0.717) is 6.54 Å². The van der Waals surface area contributed by atoms with Gasteiger partial charge in [-0.05, 0) is 89.4 Å². The van der Waals surface area contributed by atoms with E-state index in [0.717, 1.165) is 23.9 Å². The summed E-state index contributed by atoms with van der Waals surface area (Å²) in [5.41, 5.74) is 0.0210. The Labute approximate surface area is 189 Å². The van der Waals surface area contributed by atoms with E-state index in [-0.39, 0.29) is 24.4 Å². The fourth-order valence-corrected chi connectivity index (χ4v) is 3.28. The number of hydrogen-bond acceptors (Lipinski definition) is 5. The molecule has 0 spiro atoms. The molecule has 3 heterocycles. The van der Waals surface area contributed by atoms with Gasteiger partial charge in [0.25, 0.3) is 0 Å². The number of halogens is 1. The second-order valence-corrected chi connectivity index (χ2v) is 10.5. The lowest BCUT2D eigenvalue weighted by Gasteiger charge is -2.32.